The minimum absolute atomic E-state index is 0.0671. The molecule has 5 nitrogen and oxygen atoms in total. The maximum Gasteiger partial charge on any atom is 0.311 e. The number of aliphatic carboxylic acids is 1. The fourth-order valence-electron chi connectivity index (χ4n) is 2.18. The molecule has 0 unspecified atom stereocenters. The second kappa shape index (κ2) is 3.73. The molecule has 0 aliphatic heterocycles. The first-order valence-corrected chi connectivity index (χ1v) is 5.76. The van der Waals surface area contributed by atoms with Crippen molar-refractivity contribution in [2.75, 3.05) is 13.1 Å². The van der Waals surface area contributed by atoms with E-state index in [-0.39, 0.29) is 17.9 Å². The highest BCUT2D eigenvalue weighted by atomic mass is 16.4. The summed E-state index contributed by atoms with van der Waals surface area (Å²) in [5.74, 6) is -0.862. The summed E-state index contributed by atoms with van der Waals surface area (Å²) in [6, 6.07) is 0. The van der Waals surface area contributed by atoms with Crippen molar-refractivity contribution in [2.45, 2.75) is 32.1 Å². The second-order valence-electron chi connectivity index (χ2n) is 5.11. The molecule has 2 aliphatic carbocycles. The van der Waals surface area contributed by atoms with Gasteiger partial charge in [0, 0.05) is 13.1 Å². The molecule has 0 radical (unpaired) electrons. The van der Waals surface area contributed by atoms with Crippen LogP contribution in [0.5, 0.6) is 0 Å². The van der Waals surface area contributed by atoms with Gasteiger partial charge in [-0.25, -0.2) is 0 Å². The van der Waals surface area contributed by atoms with Crippen molar-refractivity contribution in [2.24, 2.45) is 16.6 Å². The van der Waals surface area contributed by atoms with Crippen LogP contribution in [0.25, 0.3) is 0 Å². The first-order valence-electron chi connectivity index (χ1n) is 5.76. The van der Waals surface area contributed by atoms with E-state index in [4.69, 9.17) is 10.8 Å². The molecule has 16 heavy (non-hydrogen) atoms. The van der Waals surface area contributed by atoms with Gasteiger partial charge in [-0.1, -0.05) is 6.42 Å². The maximum absolute atomic E-state index is 11.8. The van der Waals surface area contributed by atoms with Crippen LogP contribution in [0.15, 0.2) is 0 Å². The second-order valence-corrected chi connectivity index (χ2v) is 5.11. The molecule has 0 heterocycles. The predicted octanol–water partition coefficient (Wildman–Crippen LogP) is 0.0964. The highest BCUT2D eigenvalue weighted by molar-refractivity contribution is 5.86. The topological polar surface area (TPSA) is 92.4 Å². The van der Waals surface area contributed by atoms with Crippen LogP contribution in [0.3, 0.4) is 0 Å². The zero-order valence-corrected chi connectivity index (χ0v) is 9.29. The minimum Gasteiger partial charge on any atom is -0.481 e. The fraction of sp³-hybridized carbons (Fsp3) is 0.818. The molecule has 2 aliphatic rings. The zero-order chi connectivity index (χ0) is 11.8. The number of hydrogen-bond acceptors (Lipinski definition) is 3. The van der Waals surface area contributed by atoms with E-state index >= 15 is 0 Å². The minimum atomic E-state index is -0.795. The molecular formula is C11H18N2O3. The third-order valence-corrected chi connectivity index (χ3v) is 4.08. The van der Waals surface area contributed by atoms with Crippen LogP contribution >= 0.6 is 0 Å². The molecule has 2 rings (SSSR count). The van der Waals surface area contributed by atoms with E-state index in [0.717, 1.165) is 19.3 Å². The van der Waals surface area contributed by atoms with Crippen molar-refractivity contribution in [1.29, 1.82) is 0 Å². The first kappa shape index (κ1) is 11.4. The highest BCUT2D eigenvalue weighted by Crippen LogP contribution is 2.45. The molecule has 0 bridgehead atoms. The Morgan fingerprint density at radius 1 is 1.19 bits per heavy atom. The van der Waals surface area contributed by atoms with Gasteiger partial charge in [0.05, 0.1) is 10.8 Å². The Labute approximate surface area is 94.4 Å². The molecule has 0 aromatic carbocycles. The largest absolute Gasteiger partial charge is 0.481 e. The number of hydrogen-bond donors (Lipinski definition) is 3. The van der Waals surface area contributed by atoms with Crippen molar-refractivity contribution >= 4 is 11.9 Å². The van der Waals surface area contributed by atoms with E-state index in [2.05, 4.69) is 5.32 Å². The molecule has 0 aromatic rings. The van der Waals surface area contributed by atoms with Crippen molar-refractivity contribution in [3.63, 3.8) is 0 Å². The first-order chi connectivity index (χ1) is 7.55. The van der Waals surface area contributed by atoms with Crippen LogP contribution in [0.2, 0.25) is 0 Å². The van der Waals surface area contributed by atoms with Gasteiger partial charge < -0.3 is 16.2 Å². The zero-order valence-electron chi connectivity index (χ0n) is 9.29. The summed E-state index contributed by atoms with van der Waals surface area (Å²) in [6.45, 7) is 0.613. The van der Waals surface area contributed by atoms with Crippen LogP contribution in [0.1, 0.15) is 32.1 Å². The number of nitrogens with one attached hydrogen (secondary N) is 1. The van der Waals surface area contributed by atoms with E-state index in [1.165, 1.54) is 0 Å². The van der Waals surface area contributed by atoms with Gasteiger partial charge in [-0.05, 0) is 25.7 Å². The van der Waals surface area contributed by atoms with Gasteiger partial charge in [-0.2, -0.15) is 0 Å². The molecule has 2 saturated carbocycles. The lowest BCUT2D eigenvalue weighted by molar-refractivity contribution is -0.154. The Balaban J connectivity index is 1.87. The fourth-order valence-corrected chi connectivity index (χ4v) is 2.18. The summed E-state index contributed by atoms with van der Waals surface area (Å²) < 4.78 is 0. The average Bonchev–Trinajstić information content (AvgIpc) is 2.95. The molecule has 0 saturated heterocycles. The molecule has 0 aromatic heterocycles. The molecule has 5 heteroatoms. The molecule has 2 fully saturated rings. The molecule has 4 N–H and O–H groups in total. The van der Waals surface area contributed by atoms with Crippen LogP contribution in [0.4, 0.5) is 0 Å². The van der Waals surface area contributed by atoms with Crippen molar-refractivity contribution in [1.82, 2.24) is 5.32 Å². The van der Waals surface area contributed by atoms with Crippen molar-refractivity contribution in [3.05, 3.63) is 0 Å². The van der Waals surface area contributed by atoms with Gasteiger partial charge in [0.2, 0.25) is 5.91 Å². The third-order valence-electron chi connectivity index (χ3n) is 4.08. The third kappa shape index (κ3) is 1.69. The summed E-state index contributed by atoms with van der Waals surface area (Å²) in [5, 5.41) is 11.9. The van der Waals surface area contributed by atoms with Gasteiger partial charge in [-0.3, -0.25) is 9.59 Å². The summed E-state index contributed by atoms with van der Waals surface area (Å²) in [7, 11) is 0. The maximum atomic E-state index is 11.8. The molecule has 0 atom stereocenters. The van der Waals surface area contributed by atoms with Crippen LogP contribution in [0, 0.1) is 10.8 Å². The van der Waals surface area contributed by atoms with Crippen molar-refractivity contribution in [3.8, 4) is 0 Å². The number of amides is 1. The van der Waals surface area contributed by atoms with Crippen molar-refractivity contribution < 1.29 is 14.7 Å². The van der Waals surface area contributed by atoms with Gasteiger partial charge in [-0.15, -0.1) is 0 Å². The van der Waals surface area contributed by atoms with Crippen LogP contribution in [-0.4, -0.2) is 30.1 Å². The SMILES string of the molecule is NCC1(C(=O)NCC2(C(=O)O)CCC2)CC1. The Morgan fingerprint density at radius 2 is 1.81 bits per heavy atom. The number of carbonyl (C=O) groups excluding carboxylic acids is 1. The number of carboxylic acids is 1. The Kier molecular flexibility index (Phi) is 2.66. The molecule has 1 amide bonds. The van der Waals surface area contributed by atoms with E-state index in [1.54, 1.807) is 0 Å². The standard InChI is InChI=1S/C11H18N2O3/c12-6-10(4-5-10)8(14)13-7-11(9(15)16)2-1-3-11/h1-7,12H2,(H,13,14)(H,15,16). The molecule has 90 valence electrons. The molecule has 0 spiro atoms. The van der Waals surface area contributed by atoms with Gasteiger partial charge in [0.15, 0.2) is 0 Å². The lowest BCUT2D eigenvalue weighted by Crippen LogP contribution is -2.49. The number of carboxylic acid groups (broad SMARTS) is 1. The highest BCUT2D eigenvalue weighted by Gasteiger charge is 2.50. The smallest absolute Gasteiger partial charge is 0.311 e. The van der Waals surface area contributed by atoms with Crippen LogP contribution < -0.4 is 11.1 Å². The van der Waals surface area contributed by atoms with E-state index < -0.39 is 11.4 Å². The lowest BCUT2D eigenvalue weighted by atomic mass is 9.68. The van der Waals surface area contributed by atoms with E-state index in [1.807, 2.05) is 0 Å². The summed E-state index contributed by atoms with van der Waals surface area (Å²) >= 11 is 0. The lowest BCUT2D eigenvalue weighted by Gasteiger charge is -2.37. The van der Waals surface area contributed by atoms with Gasteiger partial charge >= 0.3 is 5.97 Å². The Bertz CT molecular complexity index is 319. The summed E-state index contributed by atoms with van der Waals surface area (Å²) in [6.07, 6.45) is 3.92. The number of carbonyl (C=O) groups is 2. The summed E-state index contributed by atoms with van der Waals surface area (Å²) in [5.41, 5.74) is 4.44. The Morgan fingerprint density at radius 3 is 2.12 bits per heavy atom. The quantitative estimate of drug-likeness (QED) is 0.619. The number of rotatable bonds is 5. The van der Waals surface area contributed by atoms with Gasteiger partial charge in [0.1, 0.15) is 0 Å². The predicted molar refractivity (Wildman–Crippen MR) is 57.7 cm³/mol. The average molecular weight is 226 g/mol. The molecular weight excluding hydrogens is 208 g/mol. The summed E-state index contributed by atoms with van der Waals surface area (Å²) in [4.78, 5) is 22.9. The van der Waals surface area contributed by atoms with E-state index in [0.29, 0.717) is 19.4 Å². The van der Waals surface area contributed by atoms with E-state index in [9.17, 15) is 9.59 Å². The number of nitrogens with two attached hydrogens (primary N) is 1. The van der Waals surface area contributed by atoms with Crippen LogP contribution in [-0.2, 0) is 9.59 Å². The Hall–Kier alpha value is -1.10. The normalized spacial score (nSPS) is 24.3. The monoisotopic (exact) mass is 226 g/mol. The van der Waals surface area contributed by atoms with Gasteiger partial charge in [0.25, 0.3) is 0 Å².